The second-order valence-corrected chi connectivity index (χ2v) is 10.3. The van der Waals surface area contributed by atoms with Crippen LogP contribution in [0.1, 0.15) is 30.2 Å². The van der Waals surface area contributed by atoms with E-state index in [-0.39, 0.29) is 0 Å². The van der Waals surface area contributed by atoms with Gasteiger partial charge >= 0.3 is 0 Å². The molecule has 3 heteroatoms. The smallest absolute Gasteiger partial charge is 0.0716 e. The molecule has 5 aromatic rings. The molecule has 0 saturated heterocycles. The molecule has 0 spiro atoms. The molecule has 0 radical (unpaired) electrons. The van der Waals surface area contributed by atoms with Crippen LogP contribution >= 0.6 is 0 Å². The number of pyridine rings is 1. The van der Waals surface area contributed by atoms with E-state index in [1.807, 2.05) is 25.1 Å². The third-order valence-corrected chi connectivity index (χ3v) is 7.96. The first-order valence-corrected chi connectivity index (χ1v) is 13.8. The van der Waals surface area contributed by atoms with Crippen molar-refractivity contribution in [2.45, 2.75) is 13.3 Å². The monoisotopic (exact) mass is 515 g/mol. The number of benzene rings is 4. The third kappa shape index (κ3) is 4.17. The Kier molecular flexibility index (Phi) is 5.98. The largest absolute Gasteiger partial charge is 0.405 e. The van der Waals surface area contributed by atoms with Gasteiger partial charge in [0.05, 0.1) is 16.9 Å². The Bertz CT molecular complexity index is 2000. The lowest BCUT2D eigenvalue weighted by Gasteiger charge is -2.23. The van der Waals surface area contributed by atoms with E-state index in [0.29, 0.717) is 5.92 Å². The fourth-order valence-electron chi connectivity index (χ4n) is 5.89. The highest BCUT2D eigenvalue weighted by atomic mass is 14.8. The standard InChI is InChI=1S/C37H29N3/c1-2-24(20-21-38)33-18-16-27-12-15-30(23-36(27)39-33)34-19-17-26-11-14-29(22-35(26)40-34)32-9-5-7-28-13-10-25-6-3-4-8-31(25)37(28)32/h2-10,12-23,26H,11,38H2,1H3/b21-20-,24-2+. The average Bonchev–Trinajstić information content (AvgIpc) is 3.02. The SMILES string of the molecule is C/C=C(\C=C/N)c1ccc2ccc(C3=NC4=CC(c5cccc6ccc7ccccc7c56)=CCC4C=C3)cc2n1. The maximum atomic E-state index is 5.65. The zero-order chi connectivity index (χ0) is 27.1. The lowest BCUT2D eigenvalue weighted by atomic mass is 9.85. The molecule has 1 aliphatic carbocycles. The van der Waals surface area contributed by atoms with Crippen molar-refractivity contribution in [1.82, 2.24) is 4.98 Å². The van der Waals surface area contributed by atoms with Crippen molar-refractivity contribution in [3.8, 4) is 0 Å². The number of nitrogens with two attached hydrogens (primary N) is 1. The topological polar surface area (TPSA) is 51.3 Å². The summed E-state index contributed by atoms with van der Waals surface area (Å²) in [4.78, 5) is 10.1. The van der Waals surface area contributed by atoms with Crippen LogP contribution in [0.15, 0.2) is 138 Å². The zero-order valence-electron chi connectivity index (χ0n) is 22.4. The second kappa shape index (κ2) is 9.94. The van der Waals surface area contributed by atoms with Crippen LogP contribution in [0.25, 0.3) is 43.6 Å². The van der Waals surface area contributed by atoms with Crippen molar-refractivity contribution in [3.63, 3.8) is 0 Å². The van der Waals surface area contributed by atoms with Crippen LogP contribution in [-0.4, -0.2) is 10.7 Å². The van der Waals surface area contributed by atoms with Crippen molar-refractivity contribution >= 4 is 49.3 Å². The number of aromatic nitrogens is 1. The maximum absolute atomic E-state index is 5.65. The number of hydrogen-bond acceptors (Lipinski definition) is 3. The van der Waals surface area contributed by atoms with E-state index in [2.05, 4.69) is 103 Å². The summed E-state index contributed by atoms with van der Waals surface area (Å²) in [6.45, 7) is 2.00. The fraction of sp³-hybridized carbons (Fsp3) is 0.0811. The summed E-state index contributed by atoms with van der Waals surface area (Å²) >= 11 is 0. The van der Waals surface area contributed by atoms with E-state index in [9.17, 15) is 0 Å². The lowest BCUT2D eigenvalue weighted by molar-refractivity contribution is 0.751. The van der Waals surface area contributed by atoms with Crippen LogP contribution in [0.5, 0.6) is 0 Å². The van der Waals surface area contributed by atoms with Crippen LogP contribution in [0, 0.1) is 5.92 Å². The van der Waals surface area contributed by atoms with Gasteiger partial charge in [0.1, 0.15) is 0 Å². The van der Waals surface area contributed by atoms with Gasteiger partial charge in [-0.2, -0.15) is 0 Å². The molecule has 0 fully saturated rings. The minimum Gasteiger partial charge on any atom is -0.405 e. The third-order valence-electron chi connectivity index (χ3n) is 7.96. The van der Waals surface area contributed by atoms with Gasteiger partial charge in [0.2, 0.25) is 0 Å². The Balaban J connectivity index is 1.29. The summed E-state index contributed by atoms with van der Waals surface area (Å²) in [5, 5.41) is 6.22. The van der Waals surface area contributed by atoms with E-state index >= 15 is 0 Å². The first kappa shape index (κ1) is 24.1. The van der Waals surface area contributed by atoms with Crippen molar-refractivity contribution in [2.75, 3.05) is 0 Å². The van der Waals surface area contributed by atoms with Gasteiger partial charge in [-0.05, 0) is 88.2 Å². The fourth-order valence-corrected chi connectivity index (χ4v) is 5.89. The Labute approximate surface area is 234 Å². The van der Waals surface area contributed by atoms with Crippen LogP contribution in [0.4, 0.5) is 0 Å². The summed E-state index contributed by atoms with van der Waals surface area (Å²) in [5.74, 6) is 0.296. The molecule has 0 saturated carbocycles. The molecule has 2 heterocycles. The molecule has 2 aliphatic rings. The molecule has 3 nitrogen and oxygen atoms in total. The summed E-state index contributed by atoms with van der Waals surface area (Å²) in [5.41, 5.74) is 14.1. The number of fused-ring (bicyclic) bond motifs is 5. The second-order valence-electron chi connectivity index (χ2n) is 10.3. The van der Waals surface area contributed by atoms with Crippen molar-refractivity contribution in [2.24, 2.45) is 16.6 Å². The van der Waals surface area contributed by atoms with Gasteiger partial charge in [-0.15, -0.1) is 0 Å². The molecular formula is C37H29N3. The molecule has 4 aromatic carbocycles. The zero-order valence-corrected chi connectivity index (χ0v) is 22.4. The Hall–Kier alpha value is -5.02. The van der Waals surface area contributed by atoms with Gasteiger partial charge in [-0.25, -0.2) is 4.98 Å². The van der Waals surface area contributed by atoms with Crippen LogP contribution in [0.2, 0.25) is 0 Å². The summed E-state index contributed by atoms with van der Waals surface area (Å²) < 4.78 is 0. The van der Waals surface area contributed by atoms with E-state index in [1.165, 1.54) is 32.7 Å². The van der Waals surface area contributed by atoms with Gasteiger partial charge in [0.25, 0.3) is 0 Å². The van der Waals surface area contributed by atoms with Gasteiger partial charge < -0.3 is 5.73 Å². The highest BCUT2D eigenvalue weighted by Gasteiger charge is 2.21. The number of nitrogens with zero attached hydrogens (tertiary/aromatic N) is 2. The van der Waals surface area contributed by atoms with Gasteiger partial charge in [-0.1, -0.05) is 91.0 Å². The molecule has 2 N–H and O–H groups in total. The first-order chi connectivity index (χ1) is 19.7. The molecule has 7 rings (SSSR count). The Morgan fingerprint density at radius 3 is 2.62 bits per heavy atom. The van der Waals surface area contributed by atoms with Gasteiger partial charge in [0.15, 0.2) is 0 Å². The van der Waals surface area contributed by atoms with Gasteiger partial charge in [-0.3, -0.25) is 4.99 Å². The minimum absolute atomic E-state index is 0.296. The first-order valence-electron chi connectivity index (χ1n) is 13.8. The van der Waals surface area contributed by atoms with Crippen molar-refractivity contribution in [1.29, 1.82) is 0 Å². The van der Waals surface area contributed by atoms with Crippen LogP contribution in [-0.2, 0) is 0 Å². The minimum atomic E-state index is 0.296. The number of rotatable bonds is 4. The number of allylic oxidation sites excluding steroid dienone is 8. The lowest BCUT2D eigenvalue weighted by Crippen LogP contribution is -2.12. The highest BCUT2D eigenvalue weighted by Crippen LogP contribution is 2.38. The molecule has 1 aromatic heterocycles. The normalized spacial score (nSPS) is 17.3. The molecule has 1 aliphatic heterocycles. The van der Waals surface area contributed by atoms with Crippen molar-refractivity contribution < 1.29 is 0 Å². The summed E-state index contributed by atoms with van der Waals surface area (Å²) in [6, 6.07) is 30.2. The van der Waals surface area contributed by atoms with Crippen LogP contribution in [0.3, 0.4) is 0 Å². The molecule has 1 unspecified atom stereocenters. The maximum Gasteiger partial charge on any atom is 0.0716 e. The highest BCUT2D eigenvalue weighted by molar-refractivity contribution is 6.14. The number of hydrogen-bond donors (Lipinski definition) is 1. The van der Waals surface area contributed by atoms with E-state index in [1.54, 1.807) is 6.20 Å². The quantitative estimate of drug-likeness (QED) is 0.192. The Morgan fingerprint density at radius 2 is 1.73 bits per heavy atom. The molecule has 192 valence electrons. The number of dihydropyridines is 1. The van der Waals surface area contributed by atoms with E-state index in [0.717, 1.165) is 45.6 Å². The Morgan fingerprint density at radius 1 is 0.900 bits per heavy atom. The summed E-state index contributed by atoms with van der Waals surface area (Å²) in [6.07, 6.45) is 15.5. The molecule has 40 heavy (non-hydrogen) atoms. The summed E-state index contributed by atoms with van der Waals surface area (Å²) in [7, 11) is 0. The predicted octanol–water partition coefficient (Wildman–Crippen LogP) is 8.76. The predicted molar refractivity (Wildman–Crippen MR) is 170 cm³/mol. The number of aliphatic imine (C=N–C) groups is 1. The molecule has 1 atom stereocenters. The van der Waals surface area contributed by atoms with Crippen molar-refractivity contribution in [3.05, 3.63) is 150 Å². The van der Waals surface area contributed by atoms with E-state index in [4.69, 9.17) is 15.7 Å². The van der Waals surface area contributed by atoms with Gasteiger partial charge in [0, 0.05) is 22.6 Å². The molecule has 0 amide bonds. The molecule has 0 bridgehead atoms. The average molecular weight is 516 g/mol. The van der Waals surface area contributed by atoms with Crippen LogP contribution < -0.4 is 5.73 Å². The molecular weight excluding hydrogens is 486 g/mol. The van der Waals surface area contributed by atoms with E-state index < -0.39 is 0 Å².